The van der Waals surface area contributed by atoms with Crippen LogP contribution in [0, 0.1) is 0 Å². The van der Waals surface area contributed by atoms with Crippen LogP contribution >= 0.6 is 23.1 Å². The number of nitrogens with two attached hydrogens (primary N) is 3. The molecular formula is C11H11N7S2. The van der Waals surface area contributed by atoms with Crippen molar-refractivity contribution in [1.29, 1.82) is 0 Å². The Morgan fingerprint density at radius 1 is 1.05 bits per heavy atom. The molecule has 0 radical (unpaired) electrons. The van der Waals surface area contributed by atoms with Gasteiger partial charge in [-0.2, -0.15) is 0 Å². The molecule has 0 aliphatic carbocycles. The van der Waals surface area contributed by atoms with E-state index >= 15 is 0 Å². The van der Waals surface area contributed by atoms with Crippen molar-refractivity contribution >= 4 is 50.8 Å². The number of thioether (sulfide) groups is 1. The van der Waals surface area contributed by atoms with Gasteiger partial charge in [0, 0.05) is 6.07 Å². The standard InChI is InChI=1S/C11H11N7S2/c12-6-3-7(13)16-11(15-6)20-4-8-17-9(14)5-1-2-19-10(5)18-8/h1-3H,4H2,(H2,14,17,18)(H4,12,13,15,16). The number of aromatic nitrogens is 4. The molecule has 0 atom stereocenters. The third kappa shape index (κ3) is 2.58. The number of fused-ring (bicyclic) bond motifs is 1. The maximum absolute atomic E-state index is 5.89. The highest BCUT2D eigenvalue weighted by Crippen LogP contribution is 2.25. The first-order valence-electron chi connectivity index (χ1n) is 5.64. The lowest BCUT2D eigenvalue weighted by Crippen LogP contribution is -2.01. The van der Waals surface area contributed by atoms with Crippen LogP contribution < -0.4 is 17.2 Å². The molecule has 0 unspecified atom stereocenters. The molecule has 0 saturated carbocycles. The summed E-state index contributed by atoms with van der Waals surface area (Å²) in [5, 5.41) is 3.32. The van der Waals surface area contributed by atoms with Crippen molar-refractivity contribution in [3.05, 3.63) is 23.3 Å². The Labute approximate surface area is 122 Å². The minimum atomic E-state index is 0.342. The van der Waals surface area contributed by atoms with Gasteiger partial charge < -0.3 is 17.2 Å². The van der Waals surface area contributed by atoms with E-state index in [-0.39, 0.29) is 0 Å². The molecule has 0 amide bonds. The molecule has 0 aromatic carbocycles. The van der Waals surface area contributed by atoms with Crippen LogP contribution in [-0.2, 0) is 5.75 Å². The molecule has 9 heteroatoms. The average Bonchev–Trinajstić information content (AvgIpc) is 2.84. The molecule has 0 saturated heterocycles. The van der Waals surface area contributed by atoms with Crippen molar-refractivity contribution in [2.24, 2.45) is 0 Å². The maximum atomic E-state index is 5.89. The molecule has 20 heavy (non-hydrogen) atoms. The Hall–Kier alpha value is -2.13. The van der Waals surface area contributed by atoms with E-state index in [2.05, 4.69) is 19.9 Å². The second kappa shape index (κ2) is 5.10. The van der Waals surface area contributed by atoms with Gasteiger partial charge in [-0.05, 0) is 11.4 Å². The molecule has 102 valence electrons. The Kier molecular flexibility index (Phi) is 3.28. The van der Waals surface area contributed by atoms with Gasteiger partial charge in [0.15, 0.2) is 5.16 Å². The summed E-state index contributed by atoms with van der Waals surface area (Å²) >= 11 is 2.89. The lowest BCUT2D eigenvalue weighted by molar-refractivity contribution is 0.977. The highest BCUT2D eigenvalue weighted by Gasteiger charge is 2.08. The second-order valence-electron chi connectivity index (χ2n) is 3.95. The van der Waals surface area contributed by atoms with Crippen LogP contribution in [-0.4, -0.2) is 19.9 Å². The number of hydrogen-bond acceptors (Lipinski definition) is 9. The van der Waals surface area contributed by atoms with E-state index in [1.54, 1.807) is 0 Å². The Morgan fingerprint density at radius 2 is 1.80 bits per heavy atom. The van der Waals surface area contributed by atoms with Gasteiger partial charge in [-0.15, -0.1) is 11.3 Å². The number of anilines is 3. The van der Waals surface area contributed by atoms with Crippen LogP contribution in [0.2, 0.25) is 0 Å². The summed E-state index contributed by atoms with van der Waals surface area (Å²) in [7, 11) is 0. The molecule has 3 heterocycles. The minimum absolute atomic E-state index is 0.342. The predicted molar refractivity (Wildman–Crippen MR) is 82.2 cm³/mol. The van der Waals surface area contributed by atoms with Crippen LogP contribution in [0.25, 0.3) is 10.2 Å². The van der Waals surface area contributed by atoms with Gasteiger partial charge in [-0.3, -0.25) is 0 Å². The van der Waals surface area contributed by atoms with Crippen molar-refractivity contribution in [3.8, 4) is 0 Å². The van der Waals surface area contributed by atoms with Gasteiger partial charge in [0.05, 0.1) is 11.1 Å². The lowest BCUT2D eigenvalue weighted by atomic mass is 10.4. The van der Waals surface area contributed by atoms with Crippen LogP contribution in [0.3, 0.4) is 0 Å². The molecule has 3 aromatic rings. The molecule has 0 spiro atoms. The molecule has 3 rings (SSSR count). The highest BCUT2D eigenvalue weighted by atomic mass is 32.2. The third-order valence-electron chi connectivity index (χ3n) is 2.48. The van der Waals surface area contributed by atoms with Gasteiger partial charge in [0.2, 0.25) is 0 Å². The number of thiophene rings is 1. The van der Waals surface area contributed by atoms with Crippen LogP contribution in [0.4, 0.5) is 17.5 Å². The zero-order valence-electron chi connectivity index (χ0n) is 10.3. The third-order valence-corrected chi connectivity index (χ3v) is 4.13. The number of nitrogen functional groups attached to an aromatic ring is 3. The number of nitrogens with zero attached hydrogens (tertiary/aromatic N) is 4. The number of rotatable bonds is 3. The first-order valence-corrected chi connectivity index (χ1v) is 7.51. The molecule has 0 fully saturated rings. The van der Waals surface area contributed by atoms with Crippen molar-refractivity contribution in [2.75, 3.05) is 17.2 Å². The molecule has 7 nitrogen and oxygen atoms in total. The molecule has 3 aromatic heterocycles. The summed E-state index contributed by atoms with van der Waals surface area (Å²) in [5.74, 6) is 2.30. The summed E-state index contributed by atoms with van der Waals surface area (Å²) in [6, 6.07) is 3.42. The molecule has 0 bridgehead atoms. The lowest BCUT2D eigenvalue weighted by Gasteiger charge is -2.03. The summed E-state index contributed by atoms with van der Waals surface area (Å²) < 4.78 is 0. The fourth-order valence-electron chi connectivity index (χ4n) is 1.64. The smallest absolute Gasteiger partial charge is 0.191 e. The first-order chi connectivity index (χ1) is 9.61. The first kappa shape index (κ1) is 12.9. The summed E-state index contributed by atoms with van der Waals surface area (Å²) in [5.41, 5.74) is 17.1. The van der Waals surface area contributed by atoms with Crippen LogP contribution in [0.5, 0.6) is 0 Å². The van der Waals surface area contributed by atoms with Gasteiger partial charge in [0.1, 0.15) is 28.1 Å². The largest absolute Gasteiger partial charge is 0.383 e. The van der Waals surface area contributed by atoms with E-state index in [1.165, 1.54) is 29.2 Å². The van der Waals surface area contributed by atoms with E-state index in [1.807, 2.05) is 11.4 Å². The zero-order chi connectivity index (χ0) is 14.1. The monoisotopic (exact) mass is 305 g/mol. The Balaban J connectivity index is 1.82. The molecule has 0 aliphatic rings. The molecular weight excluding hydrogens is 294 g/mol. The SMILES string of the molecule is Nc1cc(N)nc(SCc2nc(N)c3ccsc3n2)n1. The van der Waals surface area contributed by atoms with E-state index in [9.17, 15) is 0 Å². The maximum Gasteiger partial charge on any atom is 0.191 e. The normalized spacial score (nSPS) is 11.0. The van der Waals surface area contributed by atoms with E-state index in [4.69, 9.17) is 17.2 Å². The summed E-state index contributed by atoms with van der Waals surface area (Å²) in [6.45, 7) is 0. The minimum Gasteiger partial charge on any atom is -0.383 e. The zero-order valence-corrected chi connectivity index (χ0v) is 11.9. The molecule has 0 aliphatic heterocycles. The topological polar surface area (TPSA) is 130 Å². The van der Waals surface area contributed by atoms with Crippen LogP contribution in [0.15, 0.2) is 22.7 Å². The fraction of sp³-hybridized carbons (Fsp3) is 0.0909. The van der Waals surface area contributed by atoms with Gasteiger partial charge in [-0.25, -0.2) is 19.9 Å². The second-order valence-corrected chi connectivity index (χ2v) is 5.79. The van der Waals surface area contributed by atoms with Crippen molar-refractivity contribution in [1.82, 2.24) is 19.9 Å². The summed E-state index contributed by atoms with van der Waals surface area (Å²) in [4.78, 5) is 17.8. The highest BCUT2D eigenvalue weighted by molar-refractivity contribution is 7.98. The van der Waals surface area contributed by atoms with Gasteiger partial charge in [0.25, 0.3) is 0 Å². The predicted octanol–water partition coefficient (Wildman–Crippen LogP) is 1.52. The van der Waals surface area contributed by atoms with Gasteiger partial charge in [-0.1, -0.05) is 11.8 Å². The quantitative estimate of drug-likeness (QED) is 0.490. The van der Waals surface area contributed by atoms with Crippen molar-refractivity contribution < 1.29 is 0 Å². The van der Waals surface area contributed by atoms with E-state index in [0.29, 0.717) is 34.2 Å². The fourth-order valence-corrected chi connectivity index (χ4v) is 3.16. The Morgan fingerprint density at radius 3 is 2.55 bits per heavy atom. The molecule has 6 N–H and O–H groups in total. The van der Waals surface area contributed by atoms with E-state index in [0.717, 1.165) is 10.2 Å². The Bertz CT molecular complexity index is 750. The van der Waals surface area contributed by atoms with Gasteiger partial charge >= 0.3 is 0 Å². The van der Waals surface area contributed by atoms with Crippen LogP contribution in [0.1, 0.15) is 5.82 Å². The van der Waals surface area contributed by atoms with E-state index < -0.39 is 0 Å². The average molecular weight is 305 g/mol. The van der Waals surface area contributed by atoms with Crippen molar-refractivity contribution in [2.45, 2.75) is 10.9 Å². The van der Waals surface area contributed by atoms with Crippen molar-refractivity contribution in [3.63, 3.8) is 0 Å². The number of hydrogen-bond donors (Lipinski definition) is 3. The summed E-state index contributed by atoms with van der Waals surface area (Å²) in [6.07, 6.45) is 0.